The van der Waals surface area contributed by atoms with Gasteiger partial charge in [0, 0.05) is 18.8 Å². The molecule has 0 fully saturated rings. The first-order chi connectivity index (χ1) is 9.28. The molecule has 0 aliphatic rings. The predicted octanol–water partition coefficient (Wildman–Crippen LogP) is 2.84. The lowest BCUT2D eigenvalue weighted by molar-refractivity contribution is -0.174. The third-order valence-electron chi connectivity index (χ3n) is 2.37. The van der Waals surface area contributed by atoms with Gasteiger partial charge in [-0.3, -0.25) is 4.98 Å². The summed E-state index contributed by atoms with van der Waals surface area (Å²) in [5.41, 5.74) is 6.59. The Morgan fingerprint density at radius 3 is 2.60 bits per heavy atom. The number of halogens is 3. The summed E-state index contributed by atoms with van der Waals surface area (Å²) in [6, 6.07) is 1.30. The third kappa shape index (κ3) is 6.72. The zero-order valence-corrected chi connectivity index (χ0v) is 11.5. The molecule has 114 valence electrons. The minimum atomic E-state index is -4.31. The van der Waals surface area contributed by atoms with E-state index < -0.39 is 18.8 Å². The van der Waals surface area contributed by atoms with Crippen LogP contribution in [-0.2, 0) is 4.74 Å². The highest BCUT2D eigenvalue weighted by Gasteiger charge is 2.27. The van der Waals surface area contributed by atoms with Crippen molar-refractivity contribution < 1.29 is 22.6 Å². The van der Waals surface area contributed by atoms with E-state index >= 15 is 0 Å². The average Bonchev–Trinajstić information content (AvgIpc) is 2.32. The number of pyridine rings is 1. The zero-order valence-electron chi connectivity index (χ0n) is 11.5. The Morgan fingerprint density at radius 2 is 2.00 bits per heavy atom. The predicted molar refractivity (Wildman–Crippen MR) is 68.4 cm³/mol. The van der Waals surface area contributed by atoms with Crippen LogP contribution in [0.5, 0.6) is 5.75 Å². The van der Waals surface area contributed by atoms with Crippen molar-refractivity contribution in [3.63, 3.8) is 0 Å². The molecule has 0 amide bonds. The third-order valence-corrected chi connectivity index (χ3v) is 2.37. The topological polar surface area (TPSA) is 57.4 Å². The van der Waals surface area contributed by atoms with Gasteiger partial charge in [-0.15, -0.1) is 0 Å². The smallest absolute Gasteiger partial charge is 0.411 e. The maximum absolute atomic E-state index is 11.9. The highest BCUT2D eigenvalue weighted by atomic mass is 19.4. The molecule has 0 aliphatic carbocycles. The number of aromatic nitrogens is 1. The van der Waals surface area contributed by atoms with Crippen molar-refractivity contribution in [3.05, 3.63) is 24.0 Å². The number of hydrogen-bond donors (Lipinski definition) is 1. The molecule has 0 aliphatic heterocycles. The molecule has 1 rings (SSSR count). The molecule has 0 spiro atoms. The molecule has 7 heteroatoms. The largest absolute Gasteiger partial charge is 0.489 e. The summed E-state index contributed by atoms with van der Waals surface area (Å²) < 4.78 is 45.7. The first-order valence-corrected chi connectivity index (χ1v) is 6.29. The molecule has 2 N–H and O–H groups in total. The van der Waals surface area contributed by atoms with E-state index in [9.17, 15) is 13.2 Å². The molecule has 1 aromatic heterocycles. The molecule has 0 aromatic carbocycles. The van der Waals surface area contributed by atoms with Crippen molar-refractivity contribution in [2.45, 2.75) is 38.6 Å². The van der Waals surface area contributed by atoms with Crippen LogP contribution >= 0.6 is 0 Å². The Morgan fingerprint density at radius 1 is 1.30 bits per heavy atom. The molecule has 1 heterocycles. The molecule has 0 bridgehead atoms. The van der Waals surface area contributed by atoms with Gasteiger partial charge >= 0.3 is 6.18 Å². The van der Waals surface area contributed by atoms with Crippen LogP contribution in [0.4, 0.5) is 13.2 Å². The van der Waals surface area contributed by atoms with E-state index in [4.69, 9.17) is 10.5 Å². The van der Waals surface area contributed by atoms with Crippen molar-refractivity contribution >= 4 is 0 Å². The molecule has 1 atom stereocenters. The van der Waals surface area contributed by atoms with Crippen LogP contribution < -0.4 is 10.5 Å². The summed E-state index contributed by atoms with van der Waals surface area (Å²) in [4.78, 5) is 4.00. The first kappa shape index (κ1) is 16.7. The van der Waals surface area contributed by atoms with E-state index in [2.05, 4.69) is 9.72 Å². The van der Waals surface area contributed by atoms with Crippen molar-refractivity contribution in [2.75, 3.05) is 13.2 Å². The molecule has 0 radical (unpaired) electrons. The summed E-state index contributed by atoms with van der Waals surface area (Å²) in [6.07, 6.45) is -0.879. The van der Waals surface area contributed by atoms with Gasteiger partial charge in [-0.05, 0) is 31.9 Å². The van der Waals surface area contributed by atoms with E-state index in [1.54, 1.807) is 18.5 Å². The Hall–Kier alpha value is -1.34. The van der Waals surface area contributed by atoms with Crippen LogP contribution in [0, 0.1) is 0 Å². The molecular weight excluding hydrogens is 273 g/mol. The van der Waals surface area contributed by atoms with Gasteiger partial charge in [-0.2, -0.15) is 13.2 Å². The Balaban J connectivity index is 2.44. The van der Waals surface area contributed by atoms with Gasteiger partial charge in [-0.1, -0.05) is 0 Å². The lowest BCUT2D eigenvalue weighted by Crippen LogP contribution is -2.20. The molecule has 1 unspecified atom stereocenters. The second-order valence-electron chi connectivity index (χ2n) is 4.68. The van der Waals surface area contributed by atoms with Gasteiger partial charge < -0.3 is 15.2 Å². The number of rotatable bonds is 7. The first-order valence-electron chi connectivity index (χ1n) is 6.29. The van der Waals surface area contributed by atoms with Crippen LogP contribution in [0.15, 0.2) is 18.5 Å². The normalized spacial score (nSPS) is 13.6. The van der Waals surface area contributed by atoms with Gasteiger partial charge in [0.15, 0.2) is 0 Å². The number of alkyl halides is 3. The number of nitrogens with zero attached hydrogens (tertiary/aromatic N) is 1. The standard InChI is InChI=1S/C13H19F3N2O2/c1-9(2)20-11-5-10(6-18-7-11)12(17)3-4-19-8-13(14,15)16/h5-7,9,12H,3-4,8,17H2,1-2H3. The van der Waals surface area contributed by atoms with Crippen molar-refractivity contribution in [1.82, 2.24) is 4.98 Å². The fourth-order valence-electron chi connectivity index (χ4n) is 1.54. The number of nitrogens with two attached hydrogens (primary N) is 1. The Labute approximate surface area is 116 Å². The number of ether oxygens (including phenoxy) is 2. The maximum Gasteiger partial charge on any atom is 0.411 e. The average molecular weight is 292 g/mol. The fraction of sp³-hybridized carbons (Fsp3) is 0.615. The Kier molecular flexibility index (Phi) is 6.22. The fourth-order valence-corrected chi connectivity index (χ4v) is 1.54. The monoisotopic (exact) mass is 292 g/mol. The SMILES string of the molecule is CC(C)Oc1cncc(C(N)CCOCC(F)(F)F)c1. The molecule has 4 nitrogen and oxygen atoms in total. The highest BCUT2D eigenvalue weighted by molar-refractivity contribution is 5.25. The molecule has 20 heavy (non-hydrogen) atoms. The van der Waals surface area contributed by atoms with Crippen LogP contribution in [-0.4, -0.2) is 30.5 Å². The molecule has 0 saturated carbocycles. The lowest BCUT2D eigenvalue weighted by Gasteiger charge is -2.15. The van der Waals surface area contributed by atoms with Crippen molar-refractivity contribution in [3.8, 4) is 5.75 Å². The zero-order chi connectivity index (χ0) is 15.2. The van der Waals surface area contributed by atoms with E-state index in [1.807, 2.05) is 13.8 Å². The minimum Gasteiger partial charge on any atom is -0.489 e. The molecule has 0 saturated heterocycles. The van der Waals surface area contributed by atoms with Gasteiger partial charge in [-0.25, -0.2) is 0 Å². The second-order valence-corrected chi connectivity index (χ2v) is 4.68. The maximum atomic E-state index is 11.9. The van der Waals surface area contributed by atoms with E-state index in [0.29, 0.717) is 11.3 Å². The van der Waals surface area contributed by atoms with Gasteiger partial charge in [0.2, 0.25) is 0 Å². The van der Waals surface area contributed by atoms with Crippen molar-refractivity contribution in [1.29, 1.82) is 0 Å². The minimum absolute atomic E-state index is 0.0124. The van der Waals surface area contributed by atoms with Crippen molar-refractivity contribution in [2.24, 2.45) is 5.73 Å². The molecule has 1 aromatic rings. The van der Waals surface area contributed by atoms with Gasteiger partial charge in [0.25, 0.3) is 0 Å². The van der Waals surface area contributed by atoms with Gasteiger partial charge in [0.1, 0.15) is 12.4 Å². The van der Waals surface area contributed by atoms with Gasteiger partial charge in [0.05, 0.1) is 12.3 Å². The lowest BCUT2D eigenvalue weighted by atomic mass is 10.1. The summed E-state index contributed by atoms with van der Waals surface area (Å²) >= 11 is 0. The van der Waals surface area contributed by atoms with E-state index in [1.165, 1.54) is 0 Å². The quantitative estimate of drug-likeness (QED) is 0.785. The van der Waals surface area contributed by atoms with E-state index in [-0.39, 0.29) is 19.1 Å². The molecular formula is C13H19F3N2O2. The van der Waals surface area contributed by atoms with Crippen LogP contribution in [0.2, 0.25) is 0 Å². The number of hydrogen-bond acceptors (Lipinski definition) is 4. The Bertz CT molecular complexity index is 411. The van der Waals surface area contributed by atoms with Crippen LogP contribution in [0.1, 0.15) is 31.9 Å². The summed E-state index contributed by atoms with van der Waals surface area (Å²) in [6.45, 7) is 2.46. The van der Waals surface area contributed by atoms with Crippen LogP contribution in [0.3, 0.4) is 0 Å². The van der Waals surface area contributed by atoms with E-state index in [0.717, 1.165) is 0 Å². The highest BCUT2D eigenvalue weighted by Crippen LogP contribution is 2.20. The summed E-state index contributed by atoms with van der Waals surface area (Å²) in [5, 5.41) is 0. The second kappa shape index (κ2) is 7.44. The van der Waals surface area contributed by atoms with Crippen LogP contribution in [0.25, 0.3) is 0 Å². The summed E-state index contributed by atoms with van der Waals surface area (Å²) in [5.74, 6) is 0.587. The summed E-state index contributed by atoms with van der Waals surface area (Å²) in [7, 11) is 0.